The van der Waals surface area contributed by atoms with Gasteiger partial charge in [-0.1, -0.05) is 29.8 Å². The Morgan fingerprint density at radius 1 is 1.16 bits per heavy atom. The van der Waals surface area contributed by atoms with E-state index in [1.54, 1.807) is 0 Å². The first-order valence-electron chi connectivity index (χ1n) is 7.48. The van der Waals surface area contributed by atoms with Gasteiger partial charge >= 0.3 is 0 Å². The van der Waals surface area contributed by atoms with Crippen molar-refractivity contribution in [2.24, 2.45) is 5.92 Å². The average molecular weight is 259 g/mol. The molecule has 4 rings (SSSR count). The molecule has 1 unspecified atom stereocenters. The summed E-state index contributed by atoms with van der Waals surface area (Å²) in [6, 6.07) is 9.89. The Labute approximate surface area is 116 Å². The summed E-state index contributed by atoms with van der Waals surface area (Å²) >= 11 is 0. The number of fused-ring (bicyclic) bond motifs is 4. The van der Waals surface area contributed by atoms with E-state index in [9.17, 15) is 0 Å². The molecule has 0 spiro atoms. The van der Waals surface area contributed by atoms with Crippen LogP contribution in [0.5, 0.6) is 0 Å². The van der Waals surface area contributed by atoms with Crippen LogP contribution in [-0.4, -0.2) is 37.7 Å². The molecule has 2 nitrogen and oxygen atoms in total. The molecule has 3 fully saturated rings. The minimum Gasteiger partial charge on any atom is -0.381 e. The summed E-state index contributed by atoms with van der Waals surface area (Å²) in [7, 11) is 4.16. The number of rotatable bonds is 2. The molecule has 1 saturated carbocycles. The largest absolute Gasteiger partial charge is 0.381 e. The lowest BCUT2D eigenvalue weighted by Gasteiger charge is -2.41. The molecule has 104 valence electrons. The summed E-state index contributed by atoms with van der Waals surface area (Å²) in [4.78, 5) is 2.55. The van der Waals surface area contributed by atoms with Gasteiger partial charge in [0.05, 0.1) is 6.10 Å². The molecule has 4 atom stereocenters. The van der Waals surface area contributed by atoms with E-state index in [4.69, 9.17) is 4.74 Å². The Hall–Kier alpha value is -0.860. The highest BCUT2D eigenvalue weighted by Crippen LogP contribution is 2.43. The van der Waals surface area contributed by atoms with E-state index in [1.807, 2.05) is 7.11 Å². The summed E-state index contributed by atoms with van der Waals surface area (Å²) in [5.41, 5.74) is 2.86. The van der Waals surface area contributed by atoms with Crippen LogP contribution in [0, 0.1) is 12.8 Å². The Morgan fingerprint density at radius 2 is 1.89 bits per heavy atom. The van der Waals surface area contributed by atoms with Crippen molar-refractivity contribution in [3.05, 3.63) is 35.4 Å². The van der Waals surface area contributed by atoms with Crippen molar-refractivity contribution in [2.75, 3.05) is 20.7 Å². The smallest absolute Gasteiger partial charge is 0.0618 e. The first kappa shape index (κ1) is 13.1. The predicted octanol–water partition coefficient (Wildman–Crippen LogP) is 3.21. The first-order valence-corrected chi connectivity index (χ1v) is 7.48. The number of piperidine rings is 1. The minimum atomic E-state index is 0.432. The molecule has 0 amide bonds. The van der Waals surface area contributed by atoms with Crippen LogP contribution in [0.1, 0.15) is 36.3 Å². The maximum atomic E-state index is 5.80. The van der Waals surface area contributed by atoms with Crippen molar-refractivity contribution in [1.82, 2.24) is 4.90 Å². The number of methoxy groups -OCH3 is 1. The lowest BCUT2D eigenvalue weighted by Crippen LogP contribution is -2.44. The lowest BCUT2D eigenvalue weighted by molar-refractivity contribution is 0.0211. The predicted molar refractivity (Wildman–Crippen MR) is 78.5 cm³/mol. The van der Waals surface area contributed by atoms with E-state index in [0.29, 0.717) is 17.9 Å². The third kappa shape index (κ3) is 2.44. The van der Waals surface area contributed by atoms with Gasteiger partial charge in [-0.25, -0.2) is 0 Å². The van der Waals surface area contributed by atoms with Crippen LogP contribution in [0.15, 0.2) is 24.3 Å². The number of ether oxygens (including phenoxy) is 1. The molecule has 0 N–H and O–H groups in total. The quantitative estimate of drug-likeness (QED) is 0.808. The zero-order valence-corrected chi connectivity index (χ0v) is 12.3. The zero-order valence-electron chi connectivity index (χ0n) is 12.3. The summed E-state index contributed by atoms with van der Waals surface area (Å²) in [6.45, 7) is 3.34. The number of hydrogen-bond acceptors (Lipinski definition) is 2. The second-order valence-electron chi connectivity index (χ2n) is 6.36. The van der Waals surface area contributed by atoms with Gasteiger partial charge in [-0.05, 0) is 44.7 Å². The molecule has 0 aromatic heterocycles. The molecule has 2 aliphatic heterocycles. The first-order chi connectivity index (χ1) is 9.19. The van der Waals surface area contributed by atoms with Gasteiger partial charge in [0.15, 0.2) is 0 Å². The van der Waals surface area contributed by atoms with E-state index in [0.717, 1.165) is 6.04 Å². The van der Waals surface area contributed by atoms with Gasteiger partial charge in [0.1, 0.15) is 0 Å². The van der Waals surface area contributed by atoms with Gasteiger partial charge in [-0.3, -0.25) is 0 Å². The fourth-order valence-electron chi connectivity index (χ4n) is 4.03. The van der Waals surface area contributed by atoms with Gasteiger partial charge in [0, 0.05) is 25.6 Å². The third-order valence-corrected chi connectivity index (χ3v) is 5.24. The fourth-order valence-corrected chi connectivity index (χ4v) is 4.03. The summed E-state index contributed by atoms with van der Waals surface area (Å²) in [5, 5.41) is 0. The van der Waals surface area contributed by atoms with Gasteiger partial charge in [0.2, 0.25) is 0 Å². The minimum absolute atomic E-state index is 0.432. The van der Waals surface area contributed by atoms with Crippen molar-refractivity contribution in [2.45, 2.75) is 44.2 Å². The van der Waals surface area contributed by atoms with Crippen molar-refractivity contribution < 1.29 is 4.74 Å². The lowest BCUT2D eigenvalue weighted by atomic mass is 9.77. The topological polar surface area (TPSA) is 12.5 Å². The molecule has 19 heavy (non-hydrogen) atoms. The Balaban J connectivity index is 1.90. The van der Waals surface area contributed by atoms with Gasteiger partial charge in [-0.2, -0.15) is 0 Å². The van der Waals surface area contributed by atoms with Crippen LogP contribution < -0.4 is 0 Å². The SMILES string of the molecule is CO[C@H]1CC[C@H]2CC(c3ccc(C)cc3)[C@@H]1CN2C. The number of hydrogen-bond donors (Lipinski definition) is 0. The monoisotopic (exact) mass is 259 g/mol. The number of nitrogens with zero attached hydrogens (tertiary/aromatic N) is 1. The van der Waals surface area contributed by atoms with Crippen molar-refractivity contribution in [3.8, 4) is 0 Å². The maximum absolute atomic E-state index is 5.80. The highest BCUT2D eigenvalue weighted by Gasteiger charge is 2.42. The van der Waals surface area contributed by atoms with Crippen molar-refractivity contribution >= 4 is 0 Å². The molecular formula is C17H25NO. The van der Waals surface area contributed by atoms with Crippen LogP contribution in [-0.2, 0) is 4.74 Å². The van der Waals surface area contributed by atoms with Gasteiger partial charge < -0.3 is 9.64 Å². The van der Waals surface area contributed by atoms with E-state index >= 15 is 0 Å². The normalized spacial score (nSPS) is 35.3. The molecule has 1 aromatic carbocycles. The summed E-state index contributed by atoms with van der Waals surface area (Å²) in [6.07, 6.45) is 4.23. The molecule has 2 heteroatoms. The Bertz CT molecular complexity index is 427. The average Bonchev–Trinajstić information content (AvgIpc) is 2.68. The molecule has 1 aliphatic carbocycles. The highest BCUT2D eigenvalue weighted by atomic mass is 16.5. The molecule has 1 aromatic rings. The maximum Gasteiger partial charge on any atom is 0.0618 e. The molecule has 2 bridgehead atoms. The number of aryl methyl sites for hydroxylation is 1. The second-order valence-corrected chi connectivity index (χ2v) is 6.36. The molecule has 2 heterocycles. The molecular weight excluding hydrogens is 234 g/mol. The van der Waals surface area contributed by atoms with Crippen LogP contribution in [0.2, 0.25) is 0 Å². The molecule has 2 saturated heterocycles. The Kier molecular flexibility index (Phi) is 3.64. The molecule has 3 aliphatic rings. The van der Waals surface area contributed by atoms with Crippen molar-refractivity contribution in [3.63, 3.8) is 0 Å². The highest BCUT2D eigenvalue weighted by molar-refractivity contribution is 5.26. The van der Waals surface area contributed by atoms with E-state index < -0.39 is 0 Å². The van der Waals surface area contributed by atoms with Crippen LogP contribution in [0.4, 0.5) is 0 Å². The van der Waals surface area contributed by atoms with E-state index in [-0.39, 0.29) is 0 Å². The third-order valence-electron chi connectivity index (χ3n) is 5.24. The van der Waals surface area contributed by atoms with Crippen LogP contribution in [0.3, 0.4) is 0 Å². The van der Waals surface area contributed by atoms with Gasteiger partial charge in [0.25, 0.3) is 0 Å². The van der Waals surface area contributed by atoms with Crippen LogP contribution >= 0.6 is 0 Å². The fraction of sp³-hybridized carbons (Fsp3) is 0.647. The van der Waals surface area contributed by atoms with Crippen LogP contribution in [0.25, 0.3) is 0 Å². The van der Waals surface area contributed by atoms with E-state index in [1.165, 1.54) is 36.9 Å². The summed E-state index contributed by atoms with van der Waals surface area (Å²) in [5.74, 6) is 1.32. The Morgan fingerprint density at radius 3 is 2.58 bits per heavy atom. The van der Waals surface area contributed by atoms with E-state index in [2.05, 4.69) is 43.1 Å². The molecule has 0 radical (unpaired) electrons. The standard InChI is InChI=1S/C17H25NO/c1-12-4-6-13(7-5-12)15-10-14-8-9-17(19-3)16(15)11-18(14)2/h4-7,14-17H,8-11H2,1-3H3/t14-,15?,16-,17-/m0/s1. The van der Waals surface area contributed by atoms with Gasteiger partial charge in [-0.15, -0.1) is 0 Å². The zero-order chi connectivity index (χ0) is 13.4. The second kappa shape index (κ2) is 5.26. The van der Waals surface area contributed by atoms with Crippen molar-refractivity contribution in [1.29, 1.82) is 0 Å². The number of benzene rings is 1. The summed E-state index contributed by atoms with van der Waals surface area (Å²) < 4.78 is 5.80.